The second kappa shape index (κ2) is 9.51. The molecule has 1 saturated heterocycles. The highest BCUT2D eigenvalue weighted by atomic mass is 32.2. The Morgan fingerprint density at radius 1 is 1.10 bits per heavy atom. The molecule has 0 spiro atoms. The molecule has 0 unspecified atom stereocenters. The van der Waals surface area contributed by atoms with Gasteiger partial charge in [0.1, 0.15) is 10.5 Å². The second-order valence-corrected chi connectivity index (χ2v) is 9.33. The number of benzene rings is 2. The van der Waals surface area contributed by atoms with Crippen molar-refractivity contribution in [1.82, 2.24) is 4.90 Å². The largest absolute Gasteiger partial charge is 0.452 e. The van der Waals surface area contributed by atoms with E-state index >= 15 is 0 Å². The van der Waals surface area contributed by atoms with Crippen LogP contribution in [0.25, 0.3) is 0 Å². The van der Waals surface area contributed by atoms with Gasteiger partial charge in [-0.05, 0) is 69.4 Å². The Kier molecular flexibility index (Phi) is 7.00. The average molecular weight is 446 g/mol. The highest BCUT2D eigenvalue weighted by molar-refractivity contribution is 7.87. The number of hydrogen-bond acceptors (Lipinski definition) is 6. The molecule has 2 aromatic carbocycles. The summed E-state index contributed by atoms with van der Waals surface area (Å²) < 4.78 is 36.1. The van der Waals surface area contributed by atoms with Gasteiger partial charge in [0, 0.05) is 12.6 Å². The van der Waals surface area contributed by atoms with Crippen LogP contribution in [0.5, 0.6) is 5.75 Å². The maximum absolute atomic E-state index is 12.8. The normalized spacial score (nSPS) is 16.6. The van der Waals surface area contributed by atoms with Gasteiger partial charge in [-0.15, -0.1) is 0 Å². The molecule has 7 nitrogen and oxygen atoms in total. The number of ether oxygens (including phenoxy) is 1. The number of carbonyl (C=O) groups is 2. The van der Waals surface area contributed by atoms with Crippen molar-refractivity contribution in [1.29, 1.82) is 0 Å². The van der Waals surface area contributed by atoms with Gasteiger partial charge in [0.05, 0.1) is 0 Å². The summed E-state index contributed by atoms with van der Waals surface area (Å²) in [5, 5.41) is 0. The summed E-state index contributed by atoms with van der Waals surface area (Å²) in [5.41, 5.74) is 1.24. The third-order valence-electron chi connectivity index (χ3n) is 5.37. The van der Waals surface area contributed by atoms with Gasteiger partial charge in [-0.25, -0.2) is 4.79 Å². The van der Waals surface area contributed by atoms with Crippen LogP contribution in [0.4, 0.5) is 0 Å². The molecule has 166 valence electrons. The molecule has 0 aromatic heterocycles. The maximum Gasteiger partial charge on any atom is 0.342 e. The van der Waals surface area contributed by atoms with E-state index in [1.165, 1.54) is 18.2 Å². The predicted molar refractivity (Wildman–Crippen MR) is 115 cm³/mol. The number of piperidine rings is 1. The number of esters is 1. The Labute approximate surface area is 183 Å². The third-order valence-corrected chi connectivity index (χ3v) is 6.75. The van der Waals surface area contributed by atoms with Crippen LogP contribution in [-0.4, -0.2) is 44.4 Å². The van der Waals surface area contributed by atoms with Crippen LogP contribution in [-0.2, 0) is 19.6 Å². The van der Waals surface area contributed by atoms with Crippen LogP contribution >= 0.6 is 0 Å². The number of rotatable bonds is 6. The Hall–Kier alpha value is -2.87. The summed E-state index contributed by atoms with van der Waals surface area (Å²) >= 11 is 0. The van der Waals surface area contributed by atoms with E-state index < -0.39 is 22.7 Å². The van der Waals surface area contributed by atoms with E-state index in [0.717, 1.165) is 24.8 Å². The molecule has 1 aliphatic rings. The lowest BCUT2D eigenvalue weighted by atomic mass is 10.0. The van der Waals surface area contributed by atoms with Crippen LogP contribution in [0.3, 0.4) is 0 Å². The van der Waals surface area contributed by atoms with Crippen molar-refractivity contribution < 1.29 is 26.9 Å². The number of carbonyl (C=O) groups excluding carboxylic acids is 2. The number of nitrogens with zero attached hydrogens (tertiary/aromatic N) is 1. The molecule has 2 aromatic rings. The Bertz CT molecular complexity index is 1080. The van der Waals surface area contributed by atoms with E-state index in [1.807, 2.05) is 6.92 Å². The second-order valence-electron chi connectivity index (χ2n) is 7.81. The van der Waals surface area contributed by atoms with Gasteiger partial charge in [-0.1, -0.05) is 24.3 Å². The van der Waals surface area contributed by atoms with Crippen LogP contribution in [0.1, 0.15) is 47.7 Å². The van der Waals surface area contributed by atoms with Crippen LogP contribution in [0.15, 0.2) is 47.4 Å². The van der Waals surface area contributed by atoms with E-state index in [1.54, 1.807) is 43.0 Å². The highest BCUT2D eigenvalue weighted by Gasteiger charge is 2.26. The van der Waals surface area contributed by atoms with E-state index in [4.69, 9.17) is 8.92 Å². The molecule has 8 heteroatoms. The van der Waals surface area contributed by atoms with Gasteiger partial charge >= 0.3 is 16.1 Å². The number of aryl methyl sites for hydroxylation is 2. The standard InChI is InChI=1S/C23H27NO6S/c1-16-11-12-17(2)21(14-16)31(27,28)30-20-10-5-4-9-19(20)23(26)29-15-22(25)24-13-7-6-8-18(24)3/h4-5,9-12,14,18H,6-8,13,15H2,1-3H3/t18-/m1/s1. The van der Waals surface area contributed by atoms with Crippen LogP contribution in [0.2, 0.25) is 0 Å². The zero-order valence-electron chi connectivity index (χ0n) is 18.0. The Balaban J connectivity index is 1.74. The van der Waals surface area contributed by atoms with Crippen molar-refractivity contribution in [2.75, 3.05) is 13.2 Å². The van der Waals surface area contributed by atoms with Crippen molar-refractivity contribution >= 4 is 22.0 Å². The first-order valence-electron chi connectivity index (χ1n) is 10.3. The summed E-state index contributed by atoms with van der Waals surface area (Å²) in [6.07, 6.45) is 2.92. The van der Waals surface area contributed by atoms with Gasteiger partial charge in [0.15, 0.2) is 12.4 Å². The predicted octanol–water partition coefficient (Wildman–Crippen LogP) is 3.63. The fourth-order valence-electron chi connectivity index (χ4n) is 3.60. The molecule has 1 fully saturated rings. The fourth-order valence-corrected chi connectivity index (χ4v) is 4.87. The Morgan fingerprint density at radius 2 is 1.84 bits per heavy atom. The molecule has 31 heavy (non-hydrogen) atoms. The molecule has 0 bridgehead atoms. The molecule has 0 aliphatic carbocycles. The van der Waals surface area contributed by atoms with Crippen molar-refractivity contribution in [2.45, 2.75) is 51.0 Å². The van der Waals surface area contributed by atoms with Gasteiger partial charge in [0.2, 0.25) is 0 Å². The first kappa shape index (κ1) is 22.8. The molecule has 1 amide bonds. The monoisotopic (exact) mass is 445 g/mol. The van der Waals surface area contributed by atoms with Crippen LogP contribution in [0, 0.1) is 13.8 Å². The molecule has 0 radical (unpaired) electrons. The lowest BCUT2D eigenvalue weighted by Crippen LogP contribution is -2.44. The third kappa shape index (κ3) is 5.44. The summed E-state index contributed by atoms with van der Waals surface area (Å²) in [7, 11) is -4.16. The van der Waals surface area contributed by atoms with Gasteiger partial charge in [-0.2, -0.15) is 8.42 Å². The lowest BCUT2D eigenvalue weighted by molar-refractivity contribution is -0.137. The molecule has 0 saturated carbocycles. The maximum atomic E-state index is 12.8. The van der Waals surface area contributed by atoms with Crippen molar-refractivity contribution in [3.63, 3.8) is 0 Å². The van der Waals surface area contributed by atoms with E-state index in [9.17, 15) is 18.0 Å². The summed E-state index contributed by atoms with van der Waals surface area (Å²) in [6, 6.07) is 11.0. The van der Waals surface area contributed by atoms with Crippen molar-refractivity contribution in [3.8, 4) is 5.75 Å². The lowest BCUT2D eigenvalue weighted by Gasteiger charge is -2.33. The van der Waals surface area contributed by atoms with E-state index in [2.05, 4.69) is 0 Å². The summed E-state index contributed by atoms with van der Waals surface area (Å²) in [6.45, 7) is 5.67. The molecule has 1 aliphatic heterocycles. The first-order valence-corrected chi connectivity index (χ1v) is 11.7. The molecule has 0 N–H and O–H groups in total. The number of hydrogen-bond donors (Lipinski definition) is 0. The van der Waals surface area contributed by atoms with Crippen molar-refractivity contribution in [2.24, 2.45) is 0 Å². The van der Waals surface area contributed by atoms with Gasteiger partial charge in [-0.3, -0.25) is 4.79 Å². The quantitative estimate of drug-likeness (QED) is 0.498. The minimum absolute atomic E-state index is 0.0323. The van der Waals surface area contributed by atoms with Gasteiger partial charge in [0.25, 0.3) is 5.91 Å². The first-order chi connectivity index (χ1) is 14.7. The van der Waals surface area contributed by atoms with E-state index in [0.29, 0.717) is 12.1 Å². The van der Waals surface area contributed by atoms with Crippen LogP contribution < -0.4 is 4.18 Å². The van der Waals surface area contributed by atoms with Crippen molar-refractivity contribution in [3.05, 3.63) is 59.2 Å². The van der Waals surface area contributed by atoms with E-state index in [-0.39, 0.29) is 28.2 Å². The number of para-hydroxylation sites is 1. The smallest absolute Gasteiger partial charge is 0.342 e. The molecular weight excluding hydrogens is 418 g/mol. The minimum atomic E-state index is -4.16. The number of likely N-dealkylation sites (tertiary alicyclic amines) is 1. The Morgan fingerprint density at radius 3 is 2.58 bits per heavy atom. The molecule has 1 heterocycles. The molecule has 3 rings (SSSR count). The summed E-state index contributed by atoms with van der Waals surface area (Å²) in [4.78, 5) is 26.8. The SMILES string of the molecule is Cc1ccc(C)c(S(=O)(=O)Oc2ccccc2C(=O)OCC(=O)N2CCCC[C@H]2C)c1. The zero-order chi connectivity index (χ0) is 22.6. The summed E-state index contributed by atoms with van der Waals surface area (Å²) in [5.74, 6) is -1.22. The van der Waals surface area contributed by atoms with Gasteiger partial charge < -0.3 is 13.8 Å². The fraction of sp³-hybridized carbons (Fsp3) is 0.391. The average Bonchev–Trinajstić information content (AvgIpc) is 2.74. The number of amides is 1. The topological polar surface area (TPSA) is 90.0 Å². The zero-order valence-corrected chi connectivity index (χ0v) is 18.8. The highest BCUT2D eigenvalue weighted by Crippen LogP contribution is 2.26. The molecular formula is C23H27NO6S. The minimum Gasteiger partial charge on any atom is -0.452 e. The molecule has 1 atom stereocenters.